The van der Waals surface area contributed by atoms with Crippen LogP contribution in [0.4, 0.5) is 0 Å². The first-order chi connectivity index (χ1) is 10.1. The van der Waals surface area contributed by atoms with Crippen molar-refractivity contribution in [3.63, 3.8) is 0 Å². The highest BCUT2D eigenvalue weighted by Crippen LogP contribution is 2.36. The van der Waals surface area contributed by atoms with Crippen molar-refractivity contribution in [3.8, 4) is 0 Å². The summed E-state index contributed by atoms with van der Waals surface area (Å²) < 4.78 is 4.64. The van der Waals surface area contributed by atoms with Gasteiger partial charge in [-0.25, -0.2) is 4.79 Å². The lowest BCUT2D eigenvalue weighted by Crippen LogP contribution is -2.53. The molecule has 0 bridgehead atoms. The Morgan fingerprint density at radius 3 is 2.73 bits per heavy atom. The van der Waals surface area contributed by atoms with Crippen molar-refractivity contribution < 1.29 is 29.5 Å². The number of aliphatic hydroxyl groups is 3. The third-order valence-electron chi connectivity index (χ3n) is 4.93. The van der Waals surface area contributed by atoms with Crippen molar-refractivity contribution in [1.29, 1.82) is 0 Å². The summed E-state index contributed by atoms with van der Waals surface area (Å²) >= 11 is 0. The van der Waals surface area contributed by atoms with Crippen LogP contribution in [-0.4, -0.2) is 69.5 Å². The van der Waals surface area contributed by atoms with E-state index >= 15 is 0 Å². The number of hydroxylamine groups is 3. The molecule has 7 heteroatoms. The molecule has 0 aliphatic carbocycles. The largest absolute Gasteiger partial charge is 0.632 e. The first kappa shape index (κ1) is 17.4. The molecule has 0 amide bonds. The molecule has 0 spiro atoms. The SMILES string of the molecule is CC(C)C(O)(C(=O)OCC1=CC[N+]2([O-])CC[C@@H](O)C12)C(C)O. The van der Waals surface area contributed by atoms with Crippen molar-refractivity contribution in [2.45, 2.75) is 51.0 Å². The number of hydrogen-bond acceptors (Lipinski definition) is 6. The van der Waals surface area contributed by atoms with E-state index in [0.717, 1.165) is 0 Å². The Bertz CT molecular complexity index is 467. The summed E-state index contributed by atoms with van der Waals surface area (Å²) in [5.74, 6) is -1.44. The summed E-state index contributed by atoms with van der Waals surface area (Å²) in [5.41, 5.74) is -1.40. The summed E-state index contributed by atoms with van der Waals surface area (Å²) in [6.07, 6.45) is 0.127. The Hall–Kier alpha value is -0.990. The standard InChI is InChI=1S/C15H25NO6/c1-9(2)15(20,10(3)17)14(19)22-8-11-4-6-16(21)7-5-12(18)13(11)16/h4,9-10,12-13,17-18,20H,5-8H2,1-3H3/t10?,12-,13?,15?,16?/m1/s1. The summed E-state index contributed by atoms with van der Waals surface area (Å²) in [7, 11) is 0. The molecule has 2 aliphatic heterocycles. The van der Waals surface area contributed by atoms with Crippen LogP contribution in [0.25, 0.3) is 0 Å². The van der Waals surface area contributed by atoms with E-state index in [2.05, 4.69) is 0 Å². The molecule has 1 fully saturated rings. The van der Waals surface area contributed by atoms with Crippen LogP contribution in [-0.2, 0) is 9.53 Å². The van der Waals surface area contributed by atoms with Gasteiger partial charge in [-0.1, -0.05) is 13.8 Å². The monoisotopic (exact) mass is 315 g/mol. The van der Waals surface area contributed by atoms with E-state index in [4.69, 9.17) is 4.74 Å². The van der Waals surface area contributed by atoms with Crippen LogP contribution in [0.3, 0.4) is 0 Å². The molecule has 4 unspecified atom stereocenters. The molecular weight excluding hydrogens is 290 g/mol. The third kappa shape index (κ3) is 2.68. The van der Waals surface area contributed by atoms with Gasteiger partial charge < -0.3 is 29.9 Å². The van der Waals surface area contributed by atoms with Crippen LogP contribution in [0.15, 0.2) is 11.6 Å². The molecule has 0 radical (unpaired) electrons. The van der Waals surface area contributed by atoms with Crippen LogP contribution >= 0.6 is 0 Å². The predicted molar refractivity (Wildman–Crippen MR) is 78.3 cm³/mol. The van der Waals surface area contributed by atoms with Gasteiger partial charge >= 0.3 is 5.97 Å². The van der Waals surface area contributed by atoms with Gasteiger partial charge in [-0.3, -0.25) is 0 Å². The third-order valence-corrected chi connectivity index (χ3v) is 4.93. The predicted octanol–water partition coefficient (Wildman–Crippen LogP) is -0.315. The second kappa shape index (κ2) is 5.90. The molecule has 1 saturated heterocycles. The van der Waals surface area contributed by atoms with E-state index in [1.807, 2.05) is 0 Å². The zero-order valence-electron chi connectivity index (χ0n) is 13.2. The van der Waals surface area contributed by atoms with Crippen molar-refractivity contribution in [2.75, 3.05) is 19.7 Å². The number of aliphatic hydroxyl groups excluding tert-OH is 2. The molecule has 0 aromatic heterocycles. The minimum Gasteiger partial charge on any atom is -0.632 e. The molecule has 22 heavy (non-hydrogen) atoms. The second-order valence-electron chi connectivity index (χ2n) is 6.67. The molecule has 2 rings (SSSR count). The minimum absolute atomic E-state index is 0.148. The summed E-state index contributed by atoms with van der Waals surface area (Å²) in [6.45, 7) is 5.02. The highest BCUT2D eigenvalue weighted by Gasteiger charge is 2.49. The molecule has 5 atom stereocenters. The van der Waals surface area contributed by atoms with Gasteiger partial charge in [0.15, 0.2) is 5.60 Å². The fourth-order valence-corrected chi connectivity index (χ4v) is 3.41. The molecule has 0 aromatic rings. The van der Waals surface area contributed by atoms with Crippen LogP contribution in [0, 0.1) is 11.1 Å². The average molecular weight is 315 g/mol. The van der Waals surface area contributed by atoms with E-state index in [1.165, 1.54) is 6.92 Å². The molecule has 126 valence electrons. The molecule has 2 aliphatic rings. The summed E-state index contributed by atoms with van der Waals surface area (Å²) in [4.78, 5) is 12.2. The van der Waals surface area contributed by atoms with Crippen molar-refractivity contribution in [1.82, 2.24) is 0 Å². The fourth-order valence-electron chi connectivity index (χ4n) is 3.41. The average Bonchev–Trinajstić information content (AvgIpc) is 2.92. The maximum absolute atomic E-state index is 12.4. The lowest BCUT2D eigenvalue weighted by atomic mass is 9.85. The maximum atomic E-state index is 12.4. The topological polar surface area (TPSA) is 110 Å². The smallest absolute Gasteiger partial charge is 0.341 e. The van der Waals surface area contributed by atoms with Crippen LogP contribution in [0.5, 0.6) is 0 Å². The normalized spacial score (nSPS) is 35.0. The van der Waals surface area contributed by atoms with E-state index in [-0.39, 0.29) is 13.2 Å². The fraction of sp³-hybridized carbons (Fsp3) is 0.800. The van der Waals surface area contributed by atoms with Gasteiger partial charge in [-0.05, 0) is 18.9 Å². The lowest BCUT2D eigenvalue weighted by Gasteiger charge is -2.40. The number of carbonyl (C=O) groups excluding carboxylic acids is 1. The van der Waals surface area contributed by atoms with Gasteiger partial charge in [-0.2, -0.15) is 0 Å². The first-order valence-corrected chi connectivity index (χ1v) is 7.65. The van der Waals surface area contributed by atoms with Crippen LogP contribution in [0.1, 0.15) is 27.2 Å². The molecule has 3 N–H and O–H groups in total. The minimum atomic E-state index is -1.99. The van der Waals surface area contributed by atoms with E-state index in [1.54, 1.807) is 19.9 Å². The zero-order chi connectivity index (χ0) is 16.7. The first-order valence-electron chi connectivity index (χ1n) is 7.65. The number of nitrogens with zero attached hydrogens (tertiary/aromatic N) is 1. The van der Waals surface area contributed by atoms with Crippen LogP contribution in [0.2, 0.25) is 0 Å². The molecule has 0 aromatic carbocycles. The Kier molecular flexibility index (Phi) is 4.66. The highest BCUT2D eigenvalue weighted by molar-refractivity contribution is 5.80. The van der Waals surface area contributed by atoms with Gasteiger partial charge in [0.2, 0.25) is 0 Å². The summed E-state index contributed by atoms with van der Waals surface area (Å²) in [6, 6.07) is -0.591. The maximum Gasteiger partial charge on any atom is 0.341 e. The summed E-state index contributed by atoms with van der Waals surface area (Å²) in [5, 5.41) is 42.4. The molecule has 0 saturated carbocycles. The number of carbonyl (C=O) groups is 1. The number of quaternary nitrogens is 1. The van der Waals surface area contributed by atoms with Gasteiger partial charge in [0.1, 0.15) is 18.8 Å². The number of fused-ring (bicyclic) bond motifs is 1. The van der Waals surface area contributed by atoms with Gasteiger partial charge in [0.25, 0.3) is 0 Å². The van der Waals surface area contributed by atoms with Crippen molar-refractivity contribution in [3.05, 3.63) is 16.9 Å². The quantitative estimate of drug-likeness (QED) is 0.278. The number of rotatable bonds is 5. The van der Waals surface area contributed by atoms with Crippen LogP contribution < -0.4 is 0 Å². The number of esters is 1. The molecule has 7 nitrogen and oxygen atoms in total. The Morgan fingerprint density at radius 1 is 1.55 bits per heavy atom. The second-order valence-corrected chi connectivity index (χ2v) is 6.67. The zero-order valence-corrected chi connectivity index (χ0v) is 13.2. The Balaban J connectivity index is 2.03. The van der Waals surface area contributed by atoms with Gasteiger partial charge in [0, 0.05) is 12.0 Å². The van der Waals surface area contributed by atoms with E-state index in [0.29, 0.717) is 18.5 Å². The highest BCUT2D eigenvalue weighted by atomic mass is 16.6. The van der Waals surface area contributed by atoms with Crippen molar-refractivity contribution >= 4 is 5.97 Å². The molecular formula is C15H25NO6. The van der Waals surface area contributed by atoms with Gasteiger partial charge in [0.05, 0.1) is 19.2 Å². The number of ether oxygens (including phenoxy) is 1. The van der Waals surface area contributed by atoms with Crippen molar-refractivity contribution in [2.24, 2.45) is 5.92 Å². The van der Waals surface area contributed by atoms with E-state index < -0.39 is 40.4 Å². The van der Waals surface area contributed by atoms with E-state index in [9.17, 15) is 25.3 Å². The molecule has 2 heterocycles. The Morgan fingerprint density at radius 2 is 2.18 bits per heavy atom. The Labute approximate surface area is 130 Å². The number of hydrogen-bond donors (Lipinski definition) is 3. The lowest BCUT2D eigenvalue weighted by molar-refractivity contribution is -0.877. The van der Waals surface area contributed by atoms with Gasteiger partial charge in [-0.15, -0.1) is 0 Å².